The summed E-state index contributed by atoms with van der Waals surface area (Å²) in [6.07, 6.45) is 0. The van der Waals surface area contributed by atoms with E-state index >= 15 is 0 Å². The molecule has 0 aliphatic carbocycles. The zero-order chi connectivity index (χ0) is 12.6. The fraction of sp³-hybridized carbons (Fsp3) is 0.909. The van der Waals surface area contributed by atoms with E-state index in [-0.39, 0.29) is 6.54 Å². The van der Waals surface area contributed by atoms with Gasteiger partial charge in [0, 0.05) is 26.2 Å². The summed E-state index contributed by atoms with van der Waals surface area (Å²) in [5.74, 6) is -0.752. The van der Waals surface area contributed by atoms with Gasteiger partial charge in [-0.3, -0.25) is 9.69 Å². The molecule has 0 aliphatic rings. The molecular weight excluding hydrogens is 206 g/mol. The maximum Gasteiger partial charge on any atom is 0.317 e. The summed E-state index contributed by atoms with van der Waals surface area (Å²) < 4.78 is 0. The van der Waals surface area contributed by atoms with E-state index in [0.717, 1.165) is 32.7 Å². The lowest BCUT2D eigenvalue weighted by molar-refractivity contribution is -0.138. The van der Waals surface area contributed by atoms with Crippen LogP contribution in [0.25, 0.3) is 0 Å². The van der Waals surface area contributed by atoms with Crippen LogP contribution in [0.3, 0.4) is 0 Å². The highest BCUT2D eigenvalue weighted by Crippen LogP contribution is 1.90. The van der Waals surface area contributed by atoms with Crippen LogP contribution in [-0.2, 0) is 4.79 Å². The summed E-state index contributed by atoms with van der Waals surface area (Å²) in [5, 5.41) is 8.69. The van der Waals surface area contributed by atoms with Crippen molar-refractivity contribution in [1.82, 2.24) is 14.7 Å². The maximum atomic E-state index is 10.6. The Hall–Kier alpha value is -0.650. The van der Waals surface area contributed by atoms with Gasteiger partial charge in [0.15, 0.2) is 0 Å². The molecule has 96 valence electrons. The highest BCUT2D eigenvalue weighted by molar-refractivity contribution is 5.69. The highest BCUT2D eigenvalue weighted by atomic mass is 16.4. The fourth-order valence-corrected chi connectivity index (χ4v) is 1.33. The van der Waals surface area contributed by atoms with Gasteiger partial charge in [0.05, 0.1) is 6.54 Å². The third-order valence-corrected chi connectivity index (χ3v) is 2.53. The van der Waals surface area contributed by atoms with Gasteiger partial charge < -0.3 is 14.9 Å². The Bertz CT molecular complexity index is 198. The topological polar surface area (TPSA) is 47.0 Å². The zero-order valence-electron chi connectivity index (χ0n) is 10.9. The molecule has 0 unspecified atom stereocenters. The van der Waals surface area contributed by atoms with Crippen LogP contribution in [0.2, 0.25) is 0 Å². The lowest BCUT2D eigenvalue weighted by atomic mass is 10.4. The van der Waals surface area contributed by atoms with Crippen molar-refractivity contribution in [2.24, 2.45) is 0 Å². The first-order valence-corrected chi connectivity index (χ1v) is 5.73. The second kappa shape index (κ2) is 8.50. The molecule has 16 heavy (non-hydrogen) atoms. The molecule has 0 bridgehead atoms. The Morgan fingerprint density at radius 1 is 1.06 bits per heavy atom. The summed E-state index contributed by atoms with van der Waals surface area (Å²) in [4.78, 5) is 16.9. The van der Waals surface area contributed by atoms with Crippen molar-refractivity contribution < 1.29 is 9.90 Å². The minimum Gasteiger partial charge on any atom is -0.480 e. The first-order chi connectivity index (χ1) is 7.45. The molecule has 0 aliphatic heterocycles. The lowest BCUT2D eigenvalue weighted by Crippen LogP contribution is -2.38. The SMILES string of the molecule is CCN(CCN(C)CCN(C)C)CC(=O)O. The number of carboxylic acids is 1. The number of nitrogens with zero attached hydrogens (tertiary/aromatic N) is 3. The van der Waals surface area contributed by atoms with Crippen molar-refractivity contribution in [3.8, 4) is 0 Å². The van der Waals surface area contributed by atoms with Gasteiger partial charge in [-0.1, -0.05) is 6.92 Å². The van der Waals surface area contributed by atoms with Crippen molar-refractivity contribution in [3.63, 3.8) is 0 Å². The number of carbonyl (C=O) groups is 1. The second-order valence-corrected chi connectivity index (χ2v) is 4.37. The van der Waals surface area contributed by atoms with E-state index in [1.54, 1.807) is 0 Å². The molecule has 0 heterocycles. The molecule has 0 atom stereocenters. The molecule has 0 spiro atoms. The smallest absolute Gasteiger partial charge is 0.317 e. The van der Waals surface area contributed by atoms with E-state index in [9.17, 15) is 4.79 Å². The van der Waals surface area contributed by atoms with Crippen LogP contribution >= 0.6 is 0 Å². The van der Waals surface area contributed by atoms with E-state index in [1.807, 2.05) is 11.8 Å². The summed E-state index contributed by atoms with van der Waals surface area (Å²) in [6, 6.07) is 0. The summed E-state index contributed by atoms with van der Waals surface area (Å²) in [5.41, 5.74) is 0. The normalized spacial score (nSPS) is 11.7. The zero-order valence-corrected chi connectivity index (χ0v) is 10.9. The molecule has 0 rings (SSSR count). The molecule has 0 radical (unpaired) electrons. The summed E-state index contributed by atoms with van der Waals surface area (Å²) >= 11 is 0. The molecule has 0 saturated heterocycles. The standard InChI is InChI=1S/C11H25N3O2/c1-5-14(10-11(15)16)9-8-13(4)7-6-12(2)3/h5-10H2,1-4H3,(H,15,16). The molecular formula is C11H25N3O2. The van der Waals surface area contributed by atoms with Crippen molar-refractivity contribution in [3.05, 3.63) is 0 Å². The third-order valence-electron chi connectivity index (χ3n) is 2.53. The van der Waals surface area contributed by atoms with Crippen LogP contribution < -0.4 is 0 Å². The molecule has 1 N–H and O–H groups in total. The van der Waals surface area contributed by atoms with Gasteiger partial charge in [-0.15, -0.1) is 0 Å². The van der Waals surface area contributed by atoms with Gasteiger partial charge in [0.1, 0.15) is 0 Å². The first-order valence-electron chi connectivity index (χ1n) is 5.73. The Kier molecular flexibility index (Phi) is 8.15. The quantitative estimate of drug-likeness (QED) is 0.600. The van der Waals surface area contributed by atoms with Crippen molar-refractivity contribution in [2.75, 3.05) is 60.4 Å². The minimum absolute atomic E-state index is 0.137. The van der Waals surface area contributed by atoms with Crippen LogP contribution in [0.5, 0.6) is 0 Å². The van der Waals surface area contributed by atoms with E-state index in [4.69, 9.17) is 5.11 Å². The van der Waals surface area contributed by atoms with Gasteiger partial charge in [0.2, 0.25) is 0 Å². The maximum absolute atomic E-state index is 10.6. The largest absolute Gasteiger partial charge is 0.480 e. The fourth-order valence-electron chi connectivity index (χ4n) is 1.33. The molecule has 0 amide bonds. The molecule has 0 aromatic rings. The van der Waals surface area contributed by atoms with Gasteiger partial charge in [-0.25, -0.2) is 0 Å². The Labute approximate surface area is 98.6 Å². The van der Waals surface area contributed by atoms with E-state index < -0.39 is 5.97 Å². The lowest BCUT2D eigenvalue weighted by Gasteiger charge is -2.23. The predicted octanol–water partition coefficient (Wildman–Crippen LogP) is -0.114. The Balaban J connectivity index is 3.70. The first kappa shape index (κ1) is 15.3. The van der Waals surface area contributed by atoms with Crippen molar-refractivity contribution in [2.45, 2.75) is 6.92 Å². The number of aliphatic carboxylic acids is 1. The number of carboxylic acid groups (broad SMARTS) is 1. The van der Waals surface area contributed by atoms with Crippen LogP contribution in [0.1, 0.15) is 6.92 Å². The molecule has 5 nitrogen and oxygen atoms in total. The average Bonchev–Trinajstić information content (AvgIpc) is 2.20. The third kappa shape index (κ3) is 8.64. The average molecular weight is 231 g/mol. The van der Waals surface area contributed by atoms with Crippen LogP contribution in [-0.4, -0.2) is 86.2 Å². The monoisotopic (exact) mass is 231 g/mol. The van der Waals surface area contributed by atoms with Crippen LogP contribution in [0.15, 0.2) is 0 Å². The van der Waals surface area contributed by atoms with E-state index in [0.29, 0.717) is 0 Å². The second-order valence-electron chi connectivity index (χ2n) is 4.37. The van der Waals surface area contributed by atoms with Gasteiger partial charge in [-0.2, -0.15) is 0 Å². The van der Waals surface area contributed by atoms with Crippen LogP contribution in [0.4, 0.5) is 0 Å². The van der Waals surface area contributed by atoms with E-state index in [2.05, 4.69) is 30.9 Å². The van der Waals surface area contributed by atoms with Crippen LogP contribution in [0, 0.1) is 0 Å². The molecule has 0 saturated carbocycles. The molecule has 0 aromatic carbocycles. The highest BCUT2D eigenvalue weighted by Gasteiger charge is 2.08. The van der Waals surface area contributed by atoms with Crippen molar-refractivity contribution in [1.29, 1.82) is 0 Å². The van der Waals surface area contributed by atoms with Gasteiger partial charge in [0.25, 0.3) is 0 Å². The van der Waals surface area contributed by atoms with Gasteiger partial charge >= 0.3 is 5.97 Å². The summed E-state index contributed by atoms with van der Waals surface area (Å²) in [7, 11) is 6.17. The minimum atomic E-state index is -0.752. The van der Waals surface area contributed by atoms with E-state index in [1.165, 1.54) is 0 Å². The molecule has 0 aromatic heterocycles. The number of likely N-dealkylation sites (N-methyl/N-ethyl adjacent to an activating group) is 3. The van der Waals surface area contributed by atoms with Crippen molar-refractivity contribution >= 4 is 5.97 Å². The predicted molar refractivity (Wildman–Crippen MR) is 65.8 cm³/mol. The number of hydrogen-bond donors (Lipinski definition) is 1. The summed E-state index contributed by atoms with van der Waals surface area (Å²) in [6.45, 7) is 6.68. The Morgan fingerprint density at radius 3 is 2.06 bits per heavy atom. The molecule has 0 fully saturated rings. The number of rotatable bonds is 9. The molecule has 5 heteroatoms. The number of hydrogen-bond acceptors (Lipinski definition) is 4. The Morgan fingerprint density at radius 2 is 1.62 bits per heavy atom. The van der Waals surface area contributed by atoms with Gasteiger partial charge in [-0.05, 0) is 27.7 Å².